The number of amides is 1. The number of halogens is 1. The molecule has 1 fully saturated rings. The van der Waals surface area contributed by atoms with E-state index < -0.39 is 27.8 Å². The van der Waals surface area contributed by atoms with Crippen molar-refractivity contribution < 1.29 is 22.3 Å². The lowest BCUT2D eigenvalue weighted by Gasteiger charge is -2.29. The van der Waals surface area contributed by atoms with E-state index in [1.165, 1.54) is 19.1 Å². The molecule has 0 bridgehead atoms. The summed E-state index contributed by atoms with van der Waals surface area (Å²) in [6, 6.07) is 4.07. The van der Waals surface area contributed by atoms with Gasteiger partial charge in [-0.2, -0.15) is 0 Å². The Hall–Kier alpha value is -1.71. The highest BCUT2D eigenvalue weighted by molar-refractivity contribution is 7.92. The van der Waals surface area contributed by atoms with Gasteiger partial charge in [-0.15, -0.1) is 0 Å². The van der Waals surface area contributed by atoms with Crippen LogP contribution in [0.4, 0.5) is 10.1 Å². The second-order valence-electron chi connectivity index (χ2n) is 5.96. The van der Waals surface area contributed by atoms with Crippen LogP contribution in [0.2, 0.25) is 0 Å². The van der Waals surface area contributed by atoms with Crippen molar-refractivity contribution in [2.24, 2.45) is 0 Å². The zero-order valence-electron chi connectivity index (χ0n) is 14.4. The van der Waals surface area contributed by atoms with Crippen LogP contribution in [-0.4, -0.2) is 70.9 Å². The molecule has 0 unspecified atom stereocenters. The number of carbonyl (C=O) groups is 1. The number of rotatable bonds is 7. The predicted molar refractivity (Wildman–Crippen MR) is 93.5 cm³/mol. The minimum atomic E-state index is -3.70. The molecule has 1 saturated heterocycles. The van der Waals surface area contributed by atoms with Crippen molar-refractivity contribution in [2.45, 2.75) is 13.0 Å². The number of sulfonamides is 1. The van der Waals surface area contributed by atoms with Crippen LogP contribution in [0.15, 0.2) is 24.3 Å². The number of anilines is 1. The standard InChI is InChI=1S/C16H24FN3O4S/c1-13(16(21)18-7-8-19-9-11-24-12-10-19)20(25(2,22)23)15-5-3-14(17)4-6-15/h3-6,13H,7-12H2,1-2H3,(H,18,21)/t13-/m0/s1. The number of ether oxygens (including phenoxy) is 1. The summed E-state index contributed by atoms with van der Waals surface area (Å²) in [5.74, 6) is -0.872. The Morgan fingerprint density at radius 1 is 1.32 bits per heavy atom. The summed E-state index contributed by atoms with van der Waals surface area (Å²) in [7, 11) is -3.70. The fourth-order valence-electron chi connectivity index (χ4n) is 2.71. The van der Waals surface area contributed by atoms with Crippen LogP contribution in [0, 0.1) is 5.82 Å². The van der Waals surface area contributed by atoms with Crippen LogP contribution in [0.1, 0.15) is 6.92 Å². The number of nitrogens with zero attached hydrogens (tertiary/aromatic N) is 2. The average Bonchev–Trinajstić information content (AvgIpc) is 2.56. The van der Waals surface area contributed by atoms with Gasteiger partial charge in [-0.25, -0.2) is 12.8 Å². The molecule has 0 aliphatic carbocycles. The van der Waals surface area contributed by atoms with Crippen molar-refractivity contribution in [3.05, 3.63) is 30.1 Å². The van der Waals surface area contributed by atoms with Crippen LogP contribution in [-0.2, 0) is 19.6 Å². The van der Waals surface area contributed by atoms with Crippen LogP contribution in [0.25, 0.3) is 0 Å². The van der Waals surface area contributed by atoms with Crippen molar-refractivity contribution >= 4 is 21.6 Å². The SMILES string of the molecule is C[C@@H](C(=O)NCCN1CCOCC1)N(c1ccc(F)cc1)S(C)(=O)=O. The quantitative estimate of drug-likeness (QED) is 0.750. The third kappa shape index (κ3) is 5.65. The summed E-state index contributed by atoms with van der Waals surface area (Å²) in [5.41, 5.74) is 0.250. The maximum Gasteiger partial charge on any atom is 0.243 e. The van der Waals surface area contributed by atoms with Gasteiger partial charge in [0.1, 0.15) is 11.9 Å². The van der Waals surface area contributed by atoms with E-state index in [9.17, 15) is 17.6 Å². The van der Waals surface area contributed by atoms with Gasteiger partial charge in [-0.05, 0) is 31.2 Å². The first kappa shape index (κ1) is 19.6. The molecule has 0 saturated carbocycles. The molecule has 1 aliphatic rings. The van der Waals surface area contributed by atoms with Gasteiger partial charge in [0.15, 0.2) is 0 Å². The highest BCUT2D eigenvalue weighted by atomic mass is 32.2. The Kier molecular flexibility index (Phi) is 6.74. The van der Waals surface area contributed by atoms with E-state index in [0.717, 1.165) is 35.8 Å². The highest BCUT2D eigenvalue weighted by Gasteiger charge is 2.29. The number of carbonyl (C=O) groups excluding carboxylic acids is 1. The van der Waals surface area contributed by atoms with E-state index in [2.05, 4.69) is 10.2 Å². The summed E-state index contributed by atoms with van der Waals surface area (Å²) >= 11 is 0. The lowest BCUT2D eigenvalue weighted by Crippen LogP contribution is -2.49. The number of hydrogen-bond donors (Lipinski definition) is 1. The summed E-state index contributed by atoms with van der Waals surface area (Å²) in [6.07, 6.45) is 1.02. The van der Waals surface area contributed by atoms with Gasteiger partial charge in [0.25, 0.3) is 0 Å². The zero-order valence-corrected chi connectivity index (χ0v) is 15.3. The van der Waals surface area contributed by atoms with Crippen molar-refractivity contribution in [1.82, 2.24) is 10.2 Å². The molecule has 1 aromatic carbocycles. The first-order valence-electron chi connectivity index (χ1n) is 8.12. The van der Waals surface area contributed by atoms with E-state index in [1.807, 2.05) is 0 Å². The molecular formula is C16H24FN3O4S. The topological polar surface area (TPSA) is 79.0 Å². The summed E-state index contributed by atoms with van der Waals surface area (Å²) in [4.78, 5) is 14.5. The predicted octanol–water partition coefficient (Wildman–Crippen LogP) is 0.429. The Morgan fingerprint density at radius 2 is 1.92 bits per heavy atom. The molecule has 0 radical (unpaired) electrons. The number of nitrogens with one attached hydrogen (secondary N) is 1. The molecule has 1 aromatic rings. The molecule has 25 heavy (non-hydrogen) atoms. The van der Waals surface area contributed by atoms with Gasteiger partial charge in [-0.1, -0.05) is 0 Å². The second kappa shape index (κ2) is 8.59. The number of benzene rings is 1. The molecule has 1 heterocycles. The molecule has 0 spiro atoms. The molecule has 7 nitrogen and oxygen atoms in total. The Labute approximate surface area is 147 Å². The van der Waals surface area contributed by atoms with Gasteiger partial charge < -0.3 is 10.1 Å². The van der Waals surface area contributed by atoms with Crippen LogP contribution >= 0.6 is 0 Å². The van der Waals surface area contributed by atoms with E-state index in [4.69, 9.17) is 4.74 Å². The third-order valence-corrected chi connectivity index (χ3v) is 5.24. The second-order valence-corrected chi connectivity index (χ2v) is 7.82. The van der Waals surface area contributed by atoms with Crippen molar-refractivity contribution in [2.75, 3.05) is 50.0 Å². The highest BCUT2D eigenvalue weighted by Crippen LogP contribution is 2.21. The van der Waals surface area contributed by atoms with Crippen LogP contribution in [0.3, 0.4) is 0 Å². The van der Waals surface area contributed by atoms with E-state index in [0.29, 0.717) is 26.3 Å². The summed E-state index contributed by atoms with van der Waals surface area (Å²) in [6.45, 7) is 5.59. The van der Waals surface area contributed by atoms with E-state index >= 15 is 0 Å². The van der Waals surface area contributed by atoms with E-state index in [-0.39, 0.29) is 5.69 Å². The maximum atomic E-state index is 13.1. The Balaban J connectivity index is 1.99. The molecular weight excluding hydrogens is 349 g/mol. The van der Waals surface area contributed by atoms with Gasteiger partial charge in [0.2, 0.25) is 15.9 Å². The van der Waals surface area contributed by atoms with E-state index in [1.54, 1.807) is 0 Å². The smallest absolute Gasteiger partial charge is 0.243 e. The molecule has 1 aliphatic heterocycles. The molecule has 2 rings (SSSR count). The third-order valence-electron chi connectivity index (χ3n) is 4.00. The van der Waals surface area contributed by atoms with Crippen molar-refractivity contribution in [3.8, 4) is 0 Å². The first-order chi connectivity index (χ1) is 11.8. The van der Waals surface area contributed by atoms with Crippen LogP contribution in [0.5, 0.6) is 0 Å². The molecule has 1 N–H and O–H groups in total. The zero-order chi connectivity index (χ0) is 18.4. The van der Waals surface area contributed by atoms with Crippen molar-refractivity contribution in [1.29, 1.82) is 0 Å². The Morgan fingerprint density at radius 3 is 2.48 bits per heavy atom. The molecule has 140 valence electrons. The van der Waals surface area contributed by atoms with Gasteiger partial charge >= 0.3 is 0 Å². The fourth-order valence-corrected chi connectivity index (χ4v) is 3.88. The minimum Gasteiger partial charge on any atom is -0.379 e. The molecule has 1 atom stereocenters. The largest absolute Gasteiger partial charge is 0.379 e. The summed E-state index contributed by atoms with van der Waals surface area (Å²) in [5, 5.41) is 2.76. The normalized spacial score (nSPS) is 17.1. The lowest BCUT2D eigenvalue weighted by atomic mass is 10.2. The monoisotopic (exact) mass is 373 g/mol. The van der Waals surface area contributed by atoms with Gasteiger partial charge in [0.05, 0.1) is 25.2 Å². The lowest BCUT2D eigenvalue weighted by molar-refractivity contribution is -0.121. The molecule has 0 aromatic heterocycles. The van der Waals surface area contributed by atoms with Gasteiger partial charge in [0, 0.05) is 26.2 Å². The first-order valence-corrected chi connectivity index (χ1v) is 9.96. The summed E-state index contributed by atoms with van der Waals surface area (Å²) < 4.78 is 43.6. The average molecular weight is 373 g/mol. The minimum absolute atomic E-state index is 0.250. The fraction of sp³-hybridized carbons (Fsp3) is 0.562. The van der Waals surface area contributed by atoms with Crippen molar-refractivity contribution in [3.63, 3.8) is 0 Å². The maximum absolute atomic E-state index is 13.1. The number of morpholine rings is 1. The number of hydrogen-bond acceptors (Lipinski definition) is 5. The van der Waals surface area contributed by atoms with Gasteiger partial charge in [-0.3, -0.25) is 14.0 Å². The van der Waals surface area contributed by atoms with Crippen LogP contribution < -0.4 is 9.62 Å². The molecule has 1 amide bonds. The Bertz CT molecular complexity index is 675. The molecule has 9 heteroatoms.